The molecule has 2 rings (SSSR count). The van der Waals surface area contributed by atoms with Crippen molar-refractivity contribution >= 4 is 12.2 Å². The first-order valence-electron chi connectivity index (χ1n) is 6.67. The van der Waals surface area contributed by atoms with Gasteiger partial charge in [0.25, 0.3) is 0 Å². The summed E-state index contributed by atoms with van der Waals surface area (Å²) < 4.78 is 3.05. The van der Waals surface area contributed by atoms with Gasteiger partial charge in [0.1, 0.15) is 0 Å². The highest BCUT2D eigenvalue weighted by atomic mass is 32.1. The zero-order valence-corrected chi connectivity index (χ0v) is 11.7. The minimum Gasteiger partial charge on any atom is -0.337 e. The van der Waals surface area contributed by atoms with E-state index in [4.69, 9.17) is 12.2 Å². The molecule has 17 heavy (non-hydrogen) atoms. The molecule has 1 fully saturated rings. The second-order valence-corrected chi connectivity index (χ2v) is 5.51. The van der Waals surface area contributed by atoms with Gasteiger partial charge >= 0.3 is 0 Å². The lowest BCUT2D eigenvalue weighted by atomic mass is 10.0. The van der Waals surface area contributed by atoms with Crippen LogP contribution in [0.5, 0.6) is 0 Å². The van der Waals surface area contributed by atoms with Crippen molar-refractivity contribution in [2.75, 3.05) is 13.1 Å². The fourth-order valence-corrected chi connectivity index (χ4v) is 2.98. The molecule has 1 unspecified atom stereocenters. The van der Waals surface area contributed by atoms with Gasteiger partial charge in [0, 0.05) is 31.0 Å². The van der Waals surface area contributed by atoms with E-state index >= 15 is 0 Å². The average molecular weight is 253 g/mol. The number of H-pyrrole nitrogens is 1. The van der Waals surface area contributed by atoms with Crippen LogP contribution in [0.3, 0.4) is 0 Å². The third kappa shape index (κ3) is 3.19. The Hall–Kier alpha value is -0.610. The van der Waals surface area contributed by atoms with E-state index in [1.165, 1.54) is 44.5 Å². The molecule has 0 radical (unpaired) electrons. The van der Waals surface area contributed by atoms with Crippen molar-refractivity contribution < 1.29 is 0 Å². The van der Waals surface area contributed by atoms with E-state index in [-0.39, 0.29) is 0 Å². The predicted octanol–water partition coefficient (Wildman–Crippen LogP) is 3.12. The van der Waals surface area contributed by atoms with Crippen LogP contribution in [0.15, 0.2) is 6.20 Å². The lowest BCUT2D eigenvalue weighted by Gasteiger charge is -2.33. The average Bonchev–Trinajstić information content (AvgIpc) is 2.63. The molecular formula is C13H23N3S. The number of aromatic nitrogens is 2. The van der Waals surface area contributed by atoms with Gasteiger partial charge < -0.3 is 14.5 Å². The fraction of sp³-hybridized carbons (Fsp3) is 0.769. The van der Waals surface area contributed by atoms with Gasteiger partial charge in [-0.1, -0.05) is 6.42 Å². The number of nitrogens with one attached hydrogen (secondary N) is 1. The van der Waals surface area contributed by atoms with Crippen molar-refractivity contribution in [3.63, 3.8) is 0 Å². The molecule has 0 spiro atoms. The molecule has 1 aliphatic rings. The Bertz CT molecular complexity index is 407. The largest absolute Gasteiger partial charge is 0.337 e. The molecule has 0 saturated carbocycles. The van der Waals surface area contributed by atoms with Gasteiger partial charge in [-0.2, -0.15) is 0 Å². The van der Waals surface area contributed by atoms with Crippen molar-refractivity contribution in [3.05, 3.63) is 16.7 Å². The van der Waals surface area contributed by atoms with Gasteiger partial charge in [0.15, 0.2) is 4.77 Å². The van der Waals surface area contributed by atoms with Crippen LogP contribution >= 0.6 is 12.2 Å². The van der Waals surface area contributed by atoms with Crippen LogP contribution in [0, 0.1) is 11.7 Å². The summed E-state index contributed by atoms with van der Waals surface area (Å²) >= 11 is 5.26. The molecule has 0 amide bonds. The topological polar surface area (TPSA) is 24.0 Å². The lowest BCUT2D eigenvalue weighted by Crippen LogP contribution is -2.38. The van der Waals surface area contributed by atoms with Crippen LogP contribution in [-0.4, -0.2) is 33.6 Å². The Kier molecular flexibility index (Phi) is 4.40. The minimum atomic E-state index is 0.768. The maximum atomic E-state index is 5.26. The summed E-state index contributed by atoms with van der Waals surface area (Å²) in [7, 11) is 0. The number of imidazole rings is 1. The van der Waals surface area contributed by atoms with Crippen LogP contribution in [0.25, 0.3) is 0 Å². The van der Waals surface area contributed by atoms with E-state index in [0.29, 0.717) is 0 Å². The summed E-state index contributed by atoms with van der Waals surface area (Å²) in [4.78, 5) is 5.72. The Morgan fingerprint density at radius 3 is 2.88 bits per heavy atom. The smallest absolute Gasteiger partial charge is 0.177 e. The molecule has 4 heteroatoms. The number of aromatic amines is 1. The number of hydrogen-bond acceptors (Lipinski definition) is 2. The van der Waals surface area contributed by atoms with Gasteiger partial charge in [0.2, 0.25) is 0 Å². The van der Waals surface area contributed by atoms with E-state index < -0.39 is 0 Å². The van der Waals surface area contributed by atoms with Crippen LogP contribution in [0.4, 0.5) is 0 Å². The Balaban J connectivity index is 1.81. The molecule has 1 saturated heterocycles. The van der Waals surface area contributed by atoms with E-state index in [1.807, 2.05) is 6.20 Å². The second-order valence-electron chi connectivity index (χ2n) is 5.12. The molecule has 96 valence electrons. The van der Waals surface area contributed by atoms with Crippen molar-refractivity contribution in [1.82, 2.24) is 14.5 Å². The van der Waals surface area contributed by atoms with Crippen LogP contribution < -0.4 is 0 Å². The van der Waals surface area contributed by atoms with Crippen molar-refractivity contribution in [2.24, 2.45) is 0 Å². The number of aryl methyl sites for hydroxylation is 1. The summed E-state index contributed by atoms with van der Waals surface area (Å²) in [5.74, 6) is 0. The van der Waals surface area contributed by atoms with Crippen LogP contribution in [-0.2, 0) is 6.54 Å². The van der Waals surface area contributed by atoms with Gasteiger partial charge in [0.05, 0.1) is 0 Å². The van der Waals surface area contributed by atoms with Gasteiger partial charge in [-0.15, -0.1) is 0 Å². The fourth-order valence-electron chi connectivity index (χ4n) is 2.68. The van der Waals surface area contributed by atoms with Crippen molar-refractivity contribution in [3.8, 4) is 0 Å². The number of likely N-dealkylation sites (tertiary alicyclic amines) is 1. The Morgan fingerprint density at radius 1 is 1.41 bits per heavy atom. The Morgan fingerprint density at radius 2 is 2.24 bits per heavy atom. The summed E-state index contributed by atoms with van der Waals surface area (Å²) in [6.07, 6.45) is 7.32. The second kappa shape index (κ2) is 5.83. The molecule has 3 nitrogen and oxygen atoms in total. The van der Waals surface area contributed by atoms with Crippen molar-refractivity contribution in [1.29, 1.82) is 0 Å². The quantitative estimate of drug-likeness (QED) is 0.834. The third-order valence-corrected chi connectivity index (χ3v) is 4.18. The monoisotopic (exact) mass is 253 g/mol. The highest BCUT2D eigenvalue weighted by molar-refractivity contribution is 7.71. The number of hydrogen-bond donors (Lipinski definition) is 1. The van der Waals surface area contributed by atoms with Crippen LogP contribution in [0.1, 0.15) is 38.3 Å². The number of rotatable bonds is 4. The molecule has 2 heterocycles. The highest BCUT2D eigenvalue weighted by Gasteiger charge is 2.17. The molecule has 0 aliphatic carbocycles. The zero-order chi connectivity index (χ0) is 12.3. The van der Waals surface area contributed by atoms with Gasteiger partial charge in [-0.25, -0.2) is 0 Å². The lowest BCUT2D eigenvalue weighted by molar-refractivity contribution is 0.156. The first-order chi connectivity index (χ1) is 8.18. The summed E-state index contributed by atoms with van der Waals surface area (Å²) in [6.45, 7) is 7.98. The molecular weight excluding hydrogens is 230 g/mol. The summed E-state index contributed by atoms with van der Waals surface area (Å²) in [6, 6.07) is 0.768. The van der Waals surface area contributed by atoms with E-state index in [0.717, 1.165) is 17.4 Å². The molecule has 1 N–H and O–H groups in total. The van der Waals surface area contributed by atoms with E-state index in [9.17, 15) is 0 Å². The molecule has 1 atom stereocenters. The number of piperidine rings is 1. The SMILES string of the molecule is Cc1c[nH]c(=S)n1CCCN1CCCCC1C. The standard InChI is InChI=1S/C13H23N3S/c1-11-6-3-4-7-15(11)8-5-9-16-12(2)10-14-13(16)17/h10-11H,3-9H2,1-2H3,(H,14,17). The molecule has 1 aromatic rings. The summed E-state index contributed by atoms with van der Waals surface area (Å²) in [5.41, 5.74) is 1.24. The number of nitrogens with zero attached hydrogens (tertiary/aromatic N) is 2. The molecule has 1 aliphatic heterocycles. The van der Waals surface area contributed by atoms with Crippen LogP contribution in [0.2, 0.25) is 0 Å². The first-order valence-corrected chi connectivity index (χ1v) is 7.08. The third-order valence-electron chi connectivity index (χ3n) is 3.84. The maximum Gasteiger partial charge on any atom is 0.177 e. The minimum absolute atomic E-state index is 0.768. The summed E-state index contributed by atoms with van der Waals surface area (Å²) in [5, 5.41) is 0. The Labute approximate surface area is 109 Å². The highest BCUT2D eigenvalue weighted by Crippen LogP contribution is 2.16. The molecule has 0 aromatic carbocycles. The van der Waals surface area contributed by atoms with E-state index in [1.54, 1.807) is 0 Å². The zero-order valence-electron chi connectivity index (χ0n) is 10.9. The predicted molar refractivity (Wildman–Crippen MR) is 73.9 cm³/mol. The van der Waals surface area contributed by atoms with Crippen molar-refractivity contribution in [2.45, 2.75) is 52.1 Å². The molecule has 0 bridgehead atoms. The van der Waals surface area contributed by atoms with Gasteiger partial charge in [-0.3, -0.25) is 0 Å². The molecule has 1 aromatic heterocycles. The normalized spacial score (nSPS) is 21.9. The van der Waals surface area contributed by atoms with E-state index in [2.05, 4.69) is 28.3 Å². The van der Waals surface area contributed by atoms with Gasteiger partial charge in [-0.05, 0) is 51.9 Å². The first kappa shape index (κ1) is 12.8. The maximum absolute atomic E-state index is 5.26.